The van der Waals surface area contributed by atoms with Crippen molar-refractivity contribution >= 4 is 115 Å². The fourth-order valence-corrected chi connectivity index (χ4v) is 10.6. The van der Waals surface area contributed by atoms with Crippen molar-refractivity contribution in [1.29, 1.82) is 0 Å². The van der Waals surface area contributed by atoms with Gasteiger partial charge in [0.1, 0.15) is 5.65 Å². The maximum absolute atomic E-state index is 5.93. The minimum Gasteiger partial charge on any atom is -0.308 e. The number of rotatable bonds is 3. The van der Waals surface area contributed by atoms with Crippen LogP contribution in [0.2, 0.25) is 0 Å². The second-order valence-electron chi connectivity index (χ2n) is 19.3. The topological polar surface area (TPSA) is 24.9 Å². The van der Waals surface area contributed by atoms with Crippen molar-refractivity contribution in [2.75, 3.05) is 4.90 Å². The normalized spacial score (nSPS) is 13.1. The second kappa shape index (κ2) is 11.8. The number of para-hydroxylation sites is 2. The highest BCUT2D eigenvalue weighted by Gasteiger charge is 2.30. The van der Waals surface area contributed by atoms with Crippen LogP contribution in [0.5, 0.6) is 0 Å². The van der Waals surface area contributed by atoms with Crippen molar-refractivity contribution in [3.8, 4) is 0 Å². The Morgan fingerprint density at radius 3 is 1.59 bits per heavy atom. The fourth-order valence-electron chi connectivity index (χ4n) is 10.6. The Bertz CT molecular complexity index is 3890. The molecule has 0 spiro atoms. The van der Waals surface area contributed by atoms with Crippen LogP contribution in [0.1, 0.15) is 52.7 Å². The summed E-state index contributed by atoms with van der Waals surface area (Å²) < 4.78 is 5.03. The Kier molecular flexibility index (Phi) is 6.69. The van der Waals surface area contributed by atoms with Crippen LogP contribution < -0.4 is 4.90 Å². The second-order valence-corrected chi connectivity index (χ2v) is 19.3. The Morgan fingerprint density at radius 1 is 0.410 bits per heavy atom. The van der Waals surface area contributed by atoms with Gasteiger partial charge in [0.15, 0.2) is 0 Å². The standard InChI is InChI=1S/C57H44N4/c1-56(2,3)35-25-26-46-43(29-35)49-39-23-15-14-18-34(39)28-45-51-47(60(46)54(45)49)32-44-50-40-24-16-13-17-33(40)27-41-42-30-36(57(4,5)6)31-48(52(42)61(53(41)50)55(44)58-51)59(37-19-9-7-10-20-37)38-21-11-8-12-22-38/h7-32H,1-6H3. The number of nitrogens with zero attached hydrogens (tertiary/aromatic N) is 4. The molecule has 0 radical (unpaired) electrons. The lowest BCUT2D eigenvalue weighted by Gasteiger charge is -2.29. The summed E-state index contributed by atoms with van der Waals surface area (Å²) in [4.78, 5) is 8.37. The molecule has 0 aliphatic heterocycles. The smallest absolute Gasteiger partial charge is 0.146 e. The quantitative estimate of drug-likeness (QED) is 0.178. The molecule has 0 fully saturated rings. The molecular formula is C57H44N4. The summed E-state index contributed by atoms with van der Waals surface area (Å²) in [6.07, 6.45) is 0. The van der Waals surface area contributed by atoms with Gasteiger partial charge in [0.05, 0.1) is 38.8 Å². The highest BCUT2D eigenvalue weighted by atomic mass is 15.2. The Labute approximate surface area is 353 Å². The zero-order valence-electron chi connectivity index (χ0n) is 35.3. The van der Waals surface area contributed by atoms with E-state index in [2.05, 4.69) is 213 Å². The van der Waals surface area contributed by atoms with Gasteiger partial charge >= 0.3 is 0 Å². The predicted molar refractivity (Wildman–Crippen MR) is 261 cm³/mol. The number of hydrogen-bond acceptors (Lipinski definition) is 2. The molecular weight excluding hydrogens is 741 g/mol. The van der Waals surface area contributed by atoms with Crippen LogP contribution in [0, 0.1) is 0 Å². The van der Waals surface area contributed by atoms with E-state index in [-0.39, 0.29) is 10.8 Å². The number of benzene rings is 8. The van der Waals surface area contributed by atoms with E-state index in [1.54, 1.807) is 0 Å². The molecule has 0 amide bonds. The molecule has 8 aromatic carbocycles. The molecule has 4 heteroatoms. The van der Waals surface area contributed by atoms with Crippen LogP contribution >= 0.6 is 0 Å². The fraction of sp³-hybridized carbons (Fsp3) is 0.140. The molecule has 13 rings (SSSR count). The molecule has 0 unspecified atom stereocenters. The van der Waals surface area contributed by atoms with E-state index < -0.39 is 0 Å². The molecule has 13 aromatic rings. The first kappa shape index (κ1) is 34.7. The summed E-state index contributed by atoms with van der Waals surface area (Å²) in [6.45, 7) is 13.9. The molecule has 0 aliphatic carbocycles. The molecule has 5 heterocycles. The lowest BCUT2D eigenvalue weighted by molar-refractivity contribution is 0.591. The van der Waals surface area contributed by atoms with Gasteiger partial charge in [-0.3, -0.25) is 4.40 Å². The largest absolute Gasteiger partial charge is 0.308 e. The zero-order chi connectivity index (χ0) is 41.1. The van der Waals surface area contributed by atoms with E-state index in [4.69, 9.17) is 4.98 Å². The summed E-state index contributed by atoms with van der Waals surface area (Å²) in [5.41, 5.74) is 14.0. The van der Waals surface area contributed by atoms with Crippen LogP contribution in [0.4, 0.5) is 17.1 Å². The maximum Gasteiger partial charge on any atom is 0.146 e. The van der Waals surface area contributed by atoms with E-state index in [1.165, 1.54) is 92.4 Å². The summed E-state index contributed by atoms with van der Waals surface area (Å²) in [5, 5.41) is 13.7. The minimum absolute atomic E-state index is 0.0273. The van der Waals surface area contributed by atoms with E-state index >= 15 is 0 Å². The highest BCUT2D eigenvalue weighted by Crippen LogP contribution is 2.51. The minimum atomic E-state index is -0.0947. The summed E-state index contributed by atoms with van der Waals surface area (Å²) >= 11 is 0. The molecule has 0 aliphatic rings. The van der Waals surface area contributed by atoms with Crippen molar-refractivity contribution in [1.82, 2.24) is 13.8 Å². The van der Waals surface area contributed by atoms with Gasteiger partial charge in [-0.2, -0.15) is 0 Å². The molecule has 0 saturated carbocycles. The third kappa shape index (κ3) is 4.62. The first-order chi connectivity index (χ1) is 29.5. The molecule has 0 saturated heterocycles. The number of fused-ring (bicyclic) bond motifs is 16. The van der Waals surface area contributed by atoms with E-state index in [9.17, 15) is 0 Å². The Hall–Kier alpha value is -7.17. The van der Waals surface area contributed by atoms with E-state index in [1.807, 2.05) is 0 Å². The highest BCUT2D eigenvalue weighted by molar-refractivity contribution is 6.35. The maximum atomic E-state index is 5.93. The first-order valence-electron chi connectivity index (χ1n) is 21.6. The number of pyridine rings is 1. The van der Waals surface area contributed by atoms with Gasteiger partial charge in [0.25, 0.3) is 0 Å². The van der Waals surface area contributed by atoms with Crippen LogP contribution in [-0.4, -0.2) is 13.8 Å². The lowest BCUT2D eigenvalue weighted by atomic mass is 9.85. The van der Waals surface area contributed by atoms with Crippen molar-refractivity contribution in [3.63, 3.8) is 0 Å². The molecule has 61 heavy (non-hydrogen) atoms. The molecule has 0 bridgehead atoms. The van der Waals surface area contributed by atoms with Gasteiger partial charge in [-0.15, -0.1) is 0 Å². The zero-order valence-corrected chi connectivity index (χ0v) is 35.3. The first-order valence-corrected chi connectivity index (χ1v) is 21.6. The van der Waals surface area contributed by atoms with Crippen LogP contribution in [0.3, 0.4) is 0 Å². The van der Waals surface area contributed by atoms with Gasteiger partial charge in [0.2, 0.25) is 0 Å². The molecule has 4 nitrogen and oxygen atoms in total. The predicted octanol–water partition coefficient (Wildman–Crippen LogP) is 15.8. The van der Waals surface area contributed by atoms with Crippen molar-refractivity contribution in [2.24, 2.45) is 0 Å². The monoisotopic (exact) mass is 784 g/mol. The summed E-state index contributed by atoms with van der Waals surface area (Å²) in [6, 6.07) is 58.8. The molecule has 5 aromatic heterocycles. The van der Waals surface area contributed by atoms with Gasteiger partial charge in [-0.25, -0.2) is 4.98 Å². The Morgan fingerprint density at radius 2 is 0.951 bits per heavy atom. The molecule has 0 atom stereocenters. The number of anilines is 3. The van der Waals surface area contributed by atoms with Crippen molar-refractivity contribution in [2.45, 2.75) is 52.4 Å². The Balaban J connectivity index is 1.27. The van der Waals surface area contributed by atoms with Gasteiger partial charge in [0, 0.05) is 49.1 Å². The van der Waals surface area contributed by atoms with Gasteiger partial charge in [-0.05, 0) is 110 Å². The van der Waals surface area contributed by atoms with E-state index in [0.29, 0.717) is 0 Å². The SMILES string of the molecule is CC(C)(C)c1ccc2c(c1)c1c3ccccc3cc3c4nc5c(cc4n2c31)c1c2ccccc2cc2c3cc(C(C)(C)C)cc(N(c4ccccc4)c4ccccc4)c3n5c21. The average Bonchev–Trinajstić information content (AvgIpc) is 3.98. The van der Waals surface area contributed by atoms with Gasteiger partial charge < -0.3 is 9.30 Å². The van der Waals surface area contributed by atoms with Crippen LogP contribution in [0.25, 0.3) is 98.0 Å². The summed E-state index contributed by atoms with van der Waals surface area (Å²) in [7, 11) is 0. The lowest BCUT2D eigenvalue weighted by Crippen LogP contribution is -2.15. The number of hydrogen-bond donors (Lipinski definition) is 0. The van der Waals surface area contributed by atoms with E-state index in [0.717, 1.165) is 33.7 Å². The molecule has 292 valence electrons. The van der Waals surface area contributed by atoms with Crippen molar-refractivity contribution < 1.29 is 0 Å². The number of aromatic nitrogens is 3. The third-order valence-electron chi connectivity index (χ3n) is 13.6. The van der Waals surface area contributed by atoms with Crippen molar-refractivity contribution in [3.05, 3.63) is 169 Å². The third-order valence-corrected chi connectivity index (χ3v) is 13.6. The van der Waals surface area contributed by atoms with Crippen LogP contribution in [0.15, 0.2) is 158 Å². The van der Waals surface area contributed by atoms with Gasteiger partial charge in [-0.1, -0.05) is 133 Å². The average molecular weight is 785 g/mol. The molecule has 0 N–H and O–H groups in total. The summed E-state index contributed by atoms with van der Waals surface area (Å²) in [5.74, 6) is 0. The van der Waals surface area contributed by atoms with Crippen LogP contribution in [-0.2, 0) is 10.8 Å².